The minimum atomic E-state index is -0.261. The highest BCUT2D eigenvalue weighted by Gasteiger charge is 2.22. The molecule has 2 N–H and O–H groups in total. The topological polar surface area (TPSA) is 58.9 Å². The zero-order chi connectivity index (χ0) is 16.5. The summed E-state index contributed by atoms with van der Waals surface area (Å²) in [4.78, 5) is 0. The number of fused-ring (bicyclic) bond motifs is 7. The van der Waals surface area contributed by atoms with E-state index in [1.807, 2.05) is 18.2 Å². The maximum Gasteiger partial charge on any atom is 0.231 e. The van der Waals surface area contributed by atoms with E-state index in [1.165, 1.54) is 5.56 Å². The number of hydrogen-bond acceptors (Lipinski definition) is 4. The van der Waals surface area contributed by atoms with E-state index < -0.39 is 0 Å². The number of benzene rings is 2. The molecule has 0 spiro atoms. The smallest absolute Gasteiger partial charge is 0.231 e. The summed E-state index contributed by atoms with van der Waals surface area (Å²) in [6, 6.07) is 9.78. The van der Waals surface area contributed by atoms with Crippen molar-refractivity contribution in [3.63, 3.8) is 0 Å². The van der Waals surface area contributed by atoms with Crippen molar-refractivity contribution in [3.8, 4) is 28.4 Å². The highest BCUT2D eigenvalue weighted by atomic mass is 16.7. The Morgan fingerprint density at radius 3 is 2.67 bits per heavy atom. The van der Waals surface area contributed by atoms with Crippen molar-refractivity contribution in [1.29, 1.82) is 0 Å². The van der Waals surface area contributed by atoms with Crippen molar-refractivity contribution in [2.24, 2.45) is 0 Å². The monoisotopic (exact) mass is 326 g/mol. The van der Waals surface area contributed by atoms with Gasteiger partial charge in [-0.25, -0.2) is 0 Å². The third kappa shape index (κ3) is 2.94. The summed E-state index contributed by atoms with van der Waals surface area (Å²) in [5.41, 5.74) is 3.94. The lowest BCUT2D eigenvalue weighted by Crippen LogP contribution is -2.08. The van der Waals surface area contributed by atoms with E-state index in [1.54, 1.807) is 6.07 Å². The summed E-state index contributed by atoms with van der Waals surface area (Å²) in [6.45, 7) is 0.221. The highest BCUT2D eigenvalue weighted by molar-refractivity contribution is 5.79. The Morgan fingerprint density at radius 1 is 0.875 bits per heavy atom. The minimum Gasteiger partial charge on any atom is -0.507 e. The number of aryl methyl sites for hydroxylation is 2. The molecule has 4 nitrogen and oxygen atoms in total. The van der Waals surface area contributed by atoms with Crippen LogP contribution < -0.4 is 9.47 Å². The third-order valence-corrected chi connectivity index (χ3v) is 4.90. The van der Waals surface area contributed by atoms with Gasteiger partial charge in [0, 0.05) is 11.1 Å². The van der Waals surface area contributed by atoms with E-state index in [-0.39, 0.29) is 18.6 Å². The Kier molecular flexibility index (Phi) is 4.07. The Hall–Kier alpha value is -2.20. The lowest BCUT2D eigenvalue weighted by Gasteiger charge is -2.12. The number of phenolic OH excluding ortho intramolecular Hbond substituents is 1. The van der Waals surface area contributed by atoms with Gasteiger partial charge in [-0.1, -0.05) is 12.5 Å². The molecule has 0 amide bonds. The van der Waals surface area contributed by atoms with Gasteiger partial charge in [0.2, 0.25) is 6.79 Å². The van der Waals surface area contributed by atoms with Gasteiger partial charge >= 0.3 is 0 Å². The van der Waals surface area contributed by atoms with Gasteiger partial charge in [-0.3, -0.25) is 0 Å². The first kappa shape index (κ1) is 15.3. The fourth-order valence-electron chi connectivity index (χ4n) is 3.55. The molecule has 126 valence electrons. The third-order valence-electron chi connectivity index (χ3n) is 4.90. The normalized spacial score (nSPS) is 20.0. The number of hydrogen-bond donors (Lipinski definition) is 2. The van der Waals surface area contributed by atoms with Gasteiger partial charge in [-0.15, -0.1) is 0 Å². The summed E-state index contributed by atoms with van der Waals surface area (Å²) in [7, 11) is 0. The molecule has 0 unspecified atom stereocenters. The summed E-state index contributed by atoms with van der Waals surface area (Å²) < 4.78 is 11.2. The van der Waals surface area contributed by atoms with Crippen molar-refractivity contribution in [3.05, 3.63) is 41.5 Å². The highest BCUT2D eigenvalue weighted by Crippen LogP contribution is 2.45. The summed E-state index contributed by atoms with van der Waals surface area (Å²) in [6.07, 6.45) is 5.09. The molecule has 0 saturated heterocycles. The number of rotatable bonds is 0. The molecule has 0 fully saturated rings. The largest absolute Gasteiger partial charge is 0.507 e. The molecular formula is C20H22O4. The van der Waals surface area contributed by atoms with Crippen molar-refractivity contribution < 1.29 is 19.7 Å². The predicted molar refractivity (Wildman–Crippen MR) is 91.5 cm³/mol. The van der Waals surface area contributed by atoms with E-state index in [4.69, 9.17) is 9.47 Å². The molecule has 1 aliphatic carbocycles. The summed E-state index contributed by atoms with van der Waals surface area (Å²) in [5.74, 6) is 1.70. The van der Waals surface area contributed by atoms with Crippen LogP contribution in [0.1, 0.15) is 36.8 Å². The van der Waals surface area contributed by atoms with Gasteiger partial charge in [0.15, 0.2) is 11.5 Å². The summed E-state index contributed by atoms with van der Waals surface area (Å²) >= 11 is 0. The van der Waals surface area contributed by atoms with Gasteiger partial charge < -0.3 is 19.7 Å². The average molecular weight is 326 g/mol. The fraction of sp³-hybridized carbons (Fsp3) is 0.400. The van der Waals surface area contributed by atoms with Crippen LogP contribution in [0.15, 0.2) is 30.3 Å². The average Bonchev–Trinajstić information content (AvgIpc) is 3.05. The van der Waals surface area contributed by atoms with Crippen LogP contribution >= 0.6 is 0 Å². The second-order valence-electron chi connectivity index (χ2n) is 6.67. The van der Waals surface area contributed by atoms with Crippen LogP contribution in [0.5, 0.6) is 17.2 Å². The van der Waals surface area contributed by atoms with Gasteiger partial charge in [0.05, 0.1) is 6.10 Å². The zero-order valence-electron chi connectivity index (χ0n) is 13.6. The molecule has 4 rings (SSSR count). The first-order chi connectivity index (χ1) is 11.7. The quantitative estimate of drug-likeness (QED) is 0.773. The Labute approximate surface area is 141 Å². The molecule has 2 aliphatic rings. The van der Waals surface area contributed by atoms with E-state index >= 15 is 0 Å². The van der Waals surface area contributed by atoms with Gasteiger partial charge in [-0.2, -0.15) is 0 Å². The Morgan fingerprint density at radius 2 is 1.75 bits per heavy atom. The van der Waals surface area contributed by atoms with Crippen LogP contribution in [-0.2, 0) is 12.8 Å². The molecular weight excluding hydrogens is 304 g/mol. The molecule has 0 radical (unpaired) electrons. The van der Waals surface area contributed by atoms with Crippen LogP contribution in [-0.4, -0.2) is 23.1 Å². The predicted octanol–water partition coefficient (Wildman–Crippen LogP) is 3.81. The second kappa shape index (κ2) is 6.36. The lowest BCUT2D eigenvalue weighted by molar-refractivity contribution is 0.151. The fourth-order valence-corrected chi connectivity index (χ4v) is 3.55. The van der Waals surface area contributed by atoms with Gasteiger partial charge in [-0.05, 0) is 67.5 Å². The molecule has 1 aliphatic heterocycles. The first-order valence-corrected chi connectivity index (χ1v) is 8.63. The molecule has 24 heavy (non-hydrogen) atoms. The minimum absolute atomic E-state index is 0.221. The molecule has 4 heteroatoms. The zero-order valence-corrected chi connectivity index (χ0v) is 13.6. The maximum atomic E-state index is 10.4. The molecule has 4 bridgehead atoms. The molecule has 1 heterocycles. The number of aromatic hydroxyl groups is 1. The lowest BCUT2D eigenvalue weighted by atomic mass is 9.96. The van der Waals surface area contributed by atoms with Crippen LogP contribution in [0.3, 0.4) is 0 Å². The van der Waals surface area contributed by atoms with Gasteiger partial charge in [0.1, 0.15) is 5.75 Å². The molecule has 2 aromatic rings. The molecule has 0 saturated carbocycles. The number of aliphatic hydroxyl groups excluding tert-OH is 1. The molecule has 0 aromatic heterocycles. The number of aliphatic hydroxyl groups is 1. The van der Waals surface area contributed by atoms with E-state index in [9.17, 15) is 10.2 Å². The van der Waals surface area contributed by atoms with Crippen LogP contribution in [0, 0.1) is 0 Å². The van der Waals surface area contributed by atoms with Crippen LogP contribution in [0.2, 0.25) is 0 Å². The van der Waals surface area contributed by atoms with E-state index in [0.29, 0.717) is 5.75 Å². The molecule has 2 aromatic carbocycles. The summed E-state index contributed by atoms with van der Waals surface area (Å²) in [5, 5.41) is 20.5. The Bertz CT molecular complexity index is 754. The van der Waals surface area contributed by atoms with Crippen molar-refractivity contribution in [2.45, 2.75) is 44.6 Å². The van der Waals surface area contributed by atoms with Crippen LogP contribution in [0.25, 0.3) is 11.1 Å². The van der Waals surface area contributed by atoms with Crippen LogP contribution in [0.4, 0.5) is 0 Å². The van der Waals surface area contributed by atoms with E-state index in [2.05, 4.69) is 6.07 Å². The van der Waals surface area contributed by atoms with Gasteiger partial charge in [0.25, 0.3) is 0 Å². The molecule has 1 atom stereocenters. The van der Waals surface area contributed by atoms with Crippen molar-refractivity contribution in [1.82, 2.24) is 0 Å². The number of phenols is 1. The van der Waals surface area contributed by atoms with Crippen molar-refractivity contribution >= 4 is 0 Å². The Balaban J connectivity index is 1.84. The second-order valence-corrected chi connectivity index (χ2v) is 6.67. The SMILES string of the molecule is Oc1ccc2cc1-c1cc(cc3c1OCO3)CCCC[C@@H](O)CC2. The van der Waals surface area contributed by atoms with Crippen molar-refractivity contribution in [2.75, 3.05) is 6.79 Å². The van der Waals surface area contributed by atoms with E-state index in [0.717, 1.165) is 61.0 Å². The first-order valence-electron chi connectivity index (χ1n) is 8.63. The standard InChI is InChI=1S/C20H22O4/c21-15-4-2-1-3-14-10-17(20-19(11-14)23-12-24-20)16-9-13(5-7-15)6-8-18(16)22/h6,8-11,15,21-22H,1-5,7,12H2/t15-/m1/s1. The number of ether oxygens (including phenoxy) is 2. The maximum absolute atomic E-state index is 10.4.